The van der Waals surface area contributed by atoms with E-state index in [-0.39, 0.29) is 40.5 Å². The van der Waals surface area contributed by atoms with Gasteiger partial charge in [-0.2, -0.15) is 0 Å². The van der Waals surface area contributed by atoms with Crippen LogP contribution in [0.25, 0.3) is 0 Å². The molecule has 2 amide bonds. The molecule has 0 aromatic heterocycles. The Kier molecular flexibility index (Phi) is 9.75. The van der Waals surface area contributed by atoms with Gasteiger partial charge in [-0.15, -0.1) is 24.9 Å². The highest BCUT2D eigenvalue weighted by atomic mass is 79.9. The Morgan fingerprint density at radius 2 is 1.88 bits per heavy atom. The van der Waals surface area contributed by atoms with Gasteiger partial charge in [0.25, 0.3) is 0 Å². The maximum absolute atomic E-state index is 15.0. The van der Waals surface area contributed by atoms with Crippen LogP contribution in [-0.4, -0.2) is 78.9 Å². The highest BCUT2D eigenvalue weighted by Gasteiger charge is 2.77. The van der Waals surface area contributed by atoms with E-state index in [0.717, 1.165) is 12.0 Å². The van der Waals surface area contributed by atoms with Gasteiger partial charge >= 0.3 is 5.97 Å². The lowest BCUT2D eigenvalue weighted by molar-refractivity contribution is -0.154. The molecule has 230 valence electrons. The molecule has 1 aromatic rings. The zero-order valence-electron chi connectivity index (χ0n) is 25.4. The number of carbonyl (C=O) groups is 3. The highest BCUT2D eigenvalue weighted by Crippen LogP contribution is 2.68. The molecule has 3 aliphatic rings. The molecule has 3 aliphatic heterocycles. The topological polar surface area (TPSA) is 87.2 Å². The van der Waals surface area contributed by atoms with E-state index >= 15 is 4.79 Å². The van der Waals surface area contributed by atoms with Crippen LogP contribution in [0.5, 0.6) is 0 Å². The van der Waals surface area contributed by atoms with Gasteiger partial charge in [0.2, 0.25) is 11.8 Å². The molecule has 0 aliphatic carbocycles. The fraction of sp³-hybridized carbons (Fsp3) is 0.606. The Morgan fingerprint density at radius 3 is 2.45 bits per heavy atom. The fourth-order valence-corrected chi connectivity index (χ4v) is 11.2. The van der Waals surface area contributed by atoms with Crippen molar-refractivity contribution in [1.29, 1.82) is 0 Å². The lowest BCUT2D eigenvalue weighted by atomic mass is 9.70. The van der Waals surface area contributed by atoms with Gasteiger partial charge in [-0.3, -0.25) is 14.4 Å². The highest BCUT2D eigenvalue weighted by molar-refractivity contribution is 9.09. The van der Waals surface area contributed by atoms with Crippen LogP contribution < -0.4 is 0 Å². The third kappa shape index (κ3) is 5.85. The lowest BCUT2D eigenvalue weighted by Crippen LogP contribution is -2.60. The Labute approximate surface area is 263 Å². The van der Waals surface area contributed by atoms with E-state index < -0.39 is 40.2 Å². The number of alkyl halides is 1. The number of likely N-dealkylation sites (tertiary alicyclic amines) is 1. The fourth-order valence-electron chi connectivity index (χ4n) is 7.63. The molecular weight excluding hydrogens is 616 g/mol. The standard InChI is InChI=1S/C33H45BrN2O5S/c1-8-10-17-41-30(40)24-25-28(38)36(23(19-37)21-14-12-11-13-15-21)27(33(25)18-22(34)26(24)42-33)29(39)35(16-9-2)32(6,7)20-31(3,4)5/h8-9,11-15,22-27,37H,1-2,10,16-20H2,3-7H3/t22?,23-,24-,25+,26-,27?,33?/m1/s1. The van der Waals surface area contributed by atoms with Crippen LogP contribution in [0.15, 0.2) is 55.6 Å². The maximum atomic E-state index is 15.0. The van der Waals surface area contributed by atoms with Crippen LogP contribution in [0.2, 0.25) is 0 Å². The normalized spacial score (nSPS) is 29.3. The molecule has 1 aromatic carbocycles. The van der Waals surface area contributed by atoms with E-state index in [0.29, 0.717) is 19.4 Å². The minimum Gasteiger partial charge on any atom is -0.465 e. The van der Waals surface area contributed by atoms with Gasteiger partial charge < -0.3 is 19.6 Å². The Balaban J connectivity index is 1.86. The summed E-state index contributed by atoms with van der Waals surface area (Å²) in [5.41, 5.74) is 0.132. The Hall–Kier alpha value is -2.10. The van der Waals surface area contributed by atoms with E-state index in [4.69, 9.17) is 4.74 Å². The zero-order valence-corrected chi connectivity index (χ0v) is 27.8. The number of fused-ring (bicyclic) bond motifs is 1. The van der Waals surface area contributed by atoms with Crippen molar-refractivity contribution < 1.29 is 24.2 Å². The van der Waals surface area contributed by atoms with Crippen LogP contribution in [0.3, 0.4) is 0 Å². The average molecular weight is 662 g/mol. The van der Waals surface area contributed by atoms with Gasteiger partial charge in [0.05, 0.1) is 35.8 Å². The first-order chi connectivity index (χ1) is 19.7. The molecule has 3 saturated heterocycles. The van der Waals surface area contributed by atoms with Crippen molar-refractivity contribution in [3.63, 3.8) is 0 Å². The molecule has 1 N–H and O–H groups in total. The van der Waals surface area contributed by atoms with Gasteiger partial charge in [0.15, 0.2) is 0 Å². The molecule has 9 heteroatoms. The number of benzene rings is 1. The summed E-state index contributed by atoms with van der Waals surface area (Å²) in [5.74, 6) is -2.30. The molecule has 0 radical (unpaired) electrons. The van der Waals surface area contributed by atoms with E-state index in [2.05, 4.69) is 63.7 Å². The smallest absolute Gasteiger partial charge is 0.310 e. The number of thioether (sulfide) groups is 1. The van der Waals surface area contributed by atoms with Crippen LogP contribution in [0.4, 0.5) is 0 Å². The number of carbonyl (C=O) groups excluding carboxylic acids is 3. The predicted molar refractivity (Wildman–Crippen MR) is 171 cm³/mol. The van der Waals surface area contributed by atoms with Crippen LogP contribution in [-0.2, 0) is 19.1 Å². The van der Waals surface area contributed by atoms with Crippen LogP contribution >= 0.6 is 27.7 Å². The molecule has 7 nitrogen and oxygen atoms in total. The molecule has 4 rings (SSSR count). The van der Waals surface area contributed by atoms with Gasteiger partial charge in [0.1, 0.15) is 6.04 Å². The number of aliphatic hydroxyl groups is 1. The molecule has 7 atom stereocenters. The third-order valence-electron chi connectivity index (χ3n) is 8.76. The number of rotatable bonds is 12. The second-order valence-electron chi connectivity index (χ2n) is 13.6. The van der Waals surface area contributed by atoms with Crippen molar-refractivity contribution in [2.24, 2.45) is 17.3 Å². The number of esters is 1. The summed E-state index contributed by atoms with van der Waals surface area (Å²) >= 11 is 5.39. The molecule has 2 bridgehead atoms. The second-order valence-corrected chi connectivity index (χ2v) is 16.3. The molecule has 3 fully saturated rings. The van der Waals surface area contributed by atoms with Crippen molar-refractivity contribution >= 4 is 45.5 Å². The SMILES string of the molecule is C=CCCOC(=O)[C@H]1[C@@H]2SC3(CC2Br)C(C(=O)N(CC=C)C(C)(C)CC(C)(C)C)N([C@H](CO)c2ccccc2)C(=O)[C@H]13. The third-order valence-corrected chi connectivity index (χ3v) is 12.0. The predicted octanol–water partition coefficient (Wildman–Crippen LogP) is 5.53. The summed E-state index contributed by atoms with van der Waals surface area (Å²) in [6, 6.07) is 7.71. The zero-order chi connectivity index (χ0) is 31.0. The number of amides is 2. The Morgan fingerprint density at radius 1 is 1.21 bits per heavy atom. The quantitative estimate of drug-likeness (QED) is 0.137. The van der Waals surface area contributed by atoms with Crippen molar-refractivity contribution in [1.82, 2.24) is 9.80 Å². The van der Waals surface area contributed by atoms with Gasteiger partial charge in [-0.05, 0) is 44.1 Å². The summed E-state index contributed by atoms with van der Waals surface area (Å²) in [6.07, 6.45) is 5.22. The van der Waals surface area contributed by atoms with Gasteiger partial charge in [-0.25, -0.2) is 0 Å². The monoisotopic (exact) mass is 660 g/mol. The molecular formula is C33H45BrN2O5S. The van der Waals surface area contributed by atoms with E-state index in [9.17, 15) is 14.7 Å². The molecule has 3 heterocycles. The van der Waals surface area contributed by atoms with Crippen molar-refractivity contribution in [3.8, 4) is 0 Å². The molecule has 3 unspecified atom stereocenters. The summed E-state index contributed by atoms with van der Waals surface area (Å²) in [7, 11) is 0. The summed E-state index contributed by atoms with van der Waals surface area (Å²) in [4.78, 5) is 46.6. The first kappa shape index (κ1) is 32.8. The van der Waals surface area contributed by atoms with Crippen molar-refractivity contribution in [3.05, 3.63) is 61.2 Å². The number of halogens is 1. The largest absolute Gasteiger partial charge is 0.465 e. The van der Waals surface area contributed by atoms with E-state index in [1.54, 1.807) is 28.8 Å². The van der Waals surface area contributed by atoms with E-state index in [1.807, 2.05) is 35.2 Å². The minimum absolute atomic E-state index is 0.0608. The number of nitrogens with zero attached hydrogens (tertiary/aromatic N) is 2. The minimum atomic E-state index is -0.882. The summed E-state index contributed by atoms with van der Waals surface area (Å²) < 4.78 is 4.79. The summed E-state index contributed by atoms with van der Waals surface area (Å²) in [6.45, 7) is 18.4. The van der Waals surface area contributed by atoms with E-state index in [1.165, 1.54) is 0 Å². The number of aliphatic hydroxyl groups excluding tert-OH is 1. The van der Waals surface area contributed by atoms with Gasteiger partial charge in [-0.1, -0.05) is 79.2 Å². The number of hydrogen-bond acceptors (Lipinski definition) is 6. The van der Waals surface area contributed by atoms with Crippen molar-refractivity contribution in [2.75, 3.05) is 19.8 Å². The Bertz CT molecular complexity index is 1200. The molecule has 0 saturated carbocycles. The average Bonchev–Trinajstić information content (AvgIpc) is 3.50. The van der Waals surface area contributed by atoms with Crippen LogP contribution in [0.1, 0.15) is 65.5 Å². The first-order valence-corrected chi connectivity index (χ1v) is 16.5. The second kappa shape index (κ2) is 12.5. The number of ether oxygens (including phenoxy) is 1. The van der Waals surface area contributed by atoms with Crippen molar-refractivity contribution in [2.45, 2.75) is 86.3 Å². The molecule has 42 heavy (non-hydrogen) atoms. The lowest BCUT2D eigenvalue weighted by Gasteiger charge is -2.46. The molecule has 1 spiro atoms. The van der Waals surface area contributed by atoms with Crippen LogP contribution in [0, 0.1) is 17.3 Å². The first-order valence-electron chi connectivity index (χ1n) is 14.7. The van der Waals surface area contributed by atoms with Gasteiger partial charge in [0, 0.05) is 22.2 Å². The summed E-state index contributed by atoms with van der Waals surface area (Å²) in [5, 5.41) is 10.6. The maximum Gasteiger partial charge on any atom is 0.310 e. The number of hydrogen-bond donors (Lipinski definition) is 1.